The van der Waals surface area contributed by atoms with E-state index in [-0.39, 0.29) is 6.61 Å². The number of anilines is 2. The maximum absolute atomic E-state index is 12.3. The van der Waals surface area contributed by atoms with Crippen LogP contribution in [0.4, 0.5) is 11.4 Å². The summed E-state index contributed by atoms with van der Waals surface area (Å²) in [6.07, 6.45) is -0.952. The van der Waals surface area contributed by atoms with Crippen molar-refractivity contribution in [3.63, 3.8) is 0 Å². The molecule has 3 rings (SSSR count). The maximum atomic E-state index is 12.3. The molecule has 2 aromatic carbocycles. The summed E-state index contributed by atoms with van der Waals surface area (Å²) in [7, 11) is 0. The molecule has 0 radical (unpaired) electrons. The van der Waals surface area contributed by atoms with Crippen molar-refractivity contribution in [2.24, 2.45) is 0 Å². The number of aryl methyl sites for hydroxylation is 1. The summed E-state index contributed by atoms with van der Waals surface area (Å²) in [6.45, 7) is 6.17. The van der Waals surface area contributed by atoms with E-state index in [0.29, 0.717) is 29.7 Å². The number of esters is 1. The normalized spacial score (nSPS) is 14.7. The summed E-state index contributed by atoms with van der Waals surface area (Å²) in [5.41, 5.74) is 2.55. The van der Waals surface area contributed by atoms with Gasteiger partial charge in [-0.15, -0.1) is 0 Å². The van der Waals surface area contributed by atoms with Gasteiger partial charge >= 0.3 is 5.97 Å². The van der Waals surface area contributed by atoms with Crippen molar-refractivity contribution < 1.29 is 23.8 Å². The van der Waals surface area contributed by atoms with E-state index in [4.69, 9.17) is 25.8 Å². The number of nitrogens with zero attached hydrogens (tertiary/aromatic N) is 1. The van der Waals surface area contributed by atoms with Gasteiger partial charge in [-0.2, -0.15) is 0 Å². The van der Waals surface area contributed by atoms with Gasteiger partial charge in [-0.25, -0.2) is 4.79 Å². The lowest BCUT2D eigenvalue weighted by atomic mass is 10.2. The third-order valence-electron chi connectivity index (χ3n) is 4.67. The third kappa shape index (κ3) is 6.11. The van der Waals surface area contributed by atoms with Crippen molar-refractivity contribution in [3.05, 3.63) is 53.1 Å². The van der Waals surface area contributed by atoms with Gasteiger partial charge in [0, 0.05) is 29.5 Å². The molecular formula is C22H25ClN2O5. The molecule has 1 atom stereocenters. The summed E-state index contributed by atoms with van der Waals surface area (Å²) >= 11 is 5.96. The van der Waals surface area contributed by atoms with E-state index in [1.165, 1.54) is 6.92 Å². The smallest absolute Gasteiger partial charge is 0.344 e. The van der Waals surface area contributed by atoms with E-state index in [0.717, 1.165) is 24.3 Å². The molecule has 0 aromatic heterocycles. The highest BCUT2D eigenvalue weighted by Crippen LogP contribution is 2.21. The molecule has 1 N–H and O–H groups in total. The first kappa shape index (κ1) is 21.9. The lowest BCUT2D eigenvalue weighted by molar-refractivity contribution is -0.155. The summed E-state index contributed by atoms with van der Waals surface area (Å²) in [5, 5.41) is 3.37. The number of rotatable bonds is 7. The molecule has 7 nitrogen and oxygen atoms in total. The van der Waals surface area contributed by atoms with E-state index < -0.39 is 18.0 Å². The monoisotopic (exact) mass is 432 g/mol. The minimum Gasteiger partial charge on any atom is -0.482 e. The molecule has 0 aliphatic carbocycles. The molecule has 1 saturated heterocycles. The van der Waals surface area contributed by atoms with Gasteiger partial charge < -0.3 is 24.4 Å². The number of hydrogen-bond acceptors (Lipinski definition) is 6. The molecule has 0 unspecified atom stereocenters. The van der Waals surface area contributed by atoms with Crippen molar-refractivity contribution in [3.8, 4) is 5.75 Å². The number of halogens is 1. The van der Waals surface area contributed by atoms with Crippen LogP contribution in [0.3, 0.4) is 0 Å². The number of benzene rings is 2. The zero-order valence-electron chi connectivity index (χ0n) is 17.0. The molecule has 0 spiro atoms. The summed E-state index contributed by atoms with van der Waals surface area (Å²) in [5.74, 6) is -0.538. The Balaban J connectivity index is 1.45. The molecule has 2 aromatic rings. The standard InChI is InChI=1S/C22H25ClN2O5/c1-15-13-19(7-8-20(15)23)29-14-21(26)30-16(2)22(27)24-17-3-5-18(6-4-17)25-9-11-28-12-10-25/h3-8,13,16H,9-12,14H2,1-2H3,(H,24,27)/t16-/m1/s1. The zero-order valence-corrected chi connectivity index (χ0v) is 17.8. The van der Waals surface area contributed by atoms with Crippen LogP contribution in [0.2, 0.25) is 5.02 Å². The number of hydrogen-bond donors (Lipinski definition) is 1. The average molecular weight is 433 g/mol. The van der Waals surface area contributed by atoms with Gasteiger partial charge in [-0.1, -0.05) is 11.6 Å². The van der Waals surface area contributed by atoms with Crippen molar-refractivity contribution in [1.29, 1.82) is 0 Å². The Hall–Kier alpha value is -2.77. The number of carbonyl (C=O) groups excluding carboxylic acids is 2. The molecule has 1 aliphatic heterocycles. The molecule has 1 aliphatic rings. The highest BCUT2D eigenvalue weighted by Gasteiger charge is 2.19. The molecule has 160 valence electrons. The molecule has 8 heteroatoms. The predicted octanol–water partition coefficient (Wildman–Crippen LogP) is 3.43. The second-order valence-electron chi connectivity index (χ2n) is 6.97. The fraction of sp³-hybridized carbons (Fsp3) is 0.364. The van der Waals surface area contributed by atoms with Gasteiger partial charge in [0.25, 0.3) is 5.91 Å². The van der Waals surface area contributed by atoms with Crippen LogP contribution in [-0.2, 0) is 19.1 Å². The Labute approximate surface area is 180 Å². The Morgan fingerprint density at radius 2 is 1.87 bits per heavy atom. The van der Waals surface area contributed by atoms with Crippen LogP contribution in [0.25, 0.3) is 0 Å². The quantitative estimate of drug-likeness (QED) is 0.675. The fourth-order valence-electron chi connectivity index (χ4n) is 2.95. The van der Waals surface area contributed by atoms with Crippen molar-refractivity contribution in [2.75, 3.05) is 43.1 Å². The van der Waals surface area contributed by atoms with Crippen LogP contribution in [0.5, 0.6) is 5.75 Å². The number of amides is 1. The van der Waals surface area contributed by atoms with E-state index in [9.17, 15) is 9.59 Å². The lowest BCUT2D eigenvalue weighted by Gasteiger charge is -2.28. The first-order valence-corrected chi connectivity index (χ1v) is 10.1. The highest BCUT2D eigenvalue weighted by molar-refractivity contribution is 6.31. The zero-order chi connectivity index (χ0) is 21.5. The van der Waals surface area contributed by atoms with Gasteiger partial charge in [0.15, 0.2) is 12.7 Å². The number of carbonyl (C=O) groups is 2. The molecule has 1 heterocycles. The SMILES string of the molecule is Cc1cc(OCC(=O)O[C@H](C)C(=O)Nc2ccc(N3CCOCC3)cc2)ccc1Cl. The van der Waals surface area contributed by atoms with Gasteiger partial charge in [0.05, 0.1) is 13.2 Å². The summed E-state index contributed by atoms with van der Waals surface area (Å²) in [4.78, 5) is 26.5. The molecule has 1 amide bonds. The van der Waals surface area contributed by atoms with E-state index in [1.54, 1.807) is 18.2 Å². The molecular weight excluding hydrogens is 408 g/mol. The van der Waals surface area contributed by atoms with Gasteiger partial charge in [0.1, 0.15) is 5.75 Å². The fourth-order valence-corrected chi connectivity index (χ4v) is 3.07. The first-order chi connectivity index (χ1) is 14.4. The second-order valence-corrected chi connectivity index (χ2v) is 7.37. The highest BCUT2D eigenvalue weighted by atomic mass is 35.5. The minimum absolute atomic E-state index is 0.299. The molecule has 0 bridgehead atoms. The maximum Gasteiger partial charge on any atom is 0.344 e. The van der Waals surface area contributed by atoms with Crippen LogP contribution in [0.1, 0.15) is 12.5 Å². The second kappa shape index (κ2) is 10.3. The van der Waals surface area contributed by atoms with Crippen molar-refractivity contribution in [2.45, 2.75) is 20.0 Å². The molecule has 0 saturated carbocycles. The van der Waals surface area contributed by atoms with E-state index in [2.05, 4.69) is 10.2 Å². The van der Waals surface area contributed by atoms with Crippen molar-refractivity contribution >= 4 is 34.9 Å². The largest absolute Gasteiger partial charge is 0.482 e. The third-order valence-corrected chi connectivity index (χ3v) is 5.10. The summed E-state index contributed by atoms with van der Waals surface area (Å²) in [6, 6.07) is 12.6. The Morgan fingerprint density at radius 3 is 2.53 bits per heavy atom. The predicted molar refractivity (Wildman–Crippen MR) is 115 cm³/mol. The number of morpholine rings is 1. The summed E-state index contributed by atoms with van der Waals surface area (Å²) < 4.78 is 15.9. The van der Waals surface area contributed by atoms with Crippen molar-refractivity contribution in [1.82, 2.24) is 0 Å². The van der Waals surface area contributed by atoms with Gasteiger partial charge in [-0.3, -0.25) is 4.79 Å². The van der Waals surface area contributed by atoms with Crippen LogP contribution in [0, 0.1) is 6.92 Å². The van der Waals surface area contributed by atoms with Crippen LogP contribution in [-0.4, -0.2) is 50.9 Å². The van der Waals surface area contributed by atoms with Crippen LogP contribution in [0.15, 0.2) is 42.5 Å². The van der Waals surface area contributed by atoms with Gasteiger partial charge in [-0.05, 0) is 61.9 Å². The van der Waals surface area contributed by atoms with Crippen LogP contribution < -0.4 is 15.0 Å². The van der Waals surface area contributed by atoms with E-state index in [1.807, 2.05) is 31.2 Å². The minimum atomic E-state index is -0.952. The molecule has 1 fully saturated rings. The Morgan fingerprint density at radius 1 is 1.17 bits per heavy atom. The Kier molecular flexibility index (Phi) is 7.54. The Bertz CT molecular complexity index is 882. The average Bonchev–Trinajstić information content (AvgIpc) is 2.75. The lowest BCUT2D eigenvalue weighted by Crippen LogP contribution is -2.36. The molecule has 30 heavy (non-hydrogen) atoms. The van der Waals surface area contributed by atoms with Gasteiger partial charge in [0.2, 0.25) is 0 Å². The number of ether oxygens (including phenoxy) is 3. The topological polar surface area (TPSA) is 77.1 Å². The van der Waals surface area contributed by atoms with Crippen LogP contribution >= 0.6 is 11.6 Å². The van der Waals surface area contributed by atoms with E-state index >= 15 is 0 Å². The number of nitrogens with one attached hydrogen (secondary N) is 1. The first-order valence-electron chi connectivity index (χ1n) is 9.74.